The zero-order valence-corrected chi connectivity index (χ0v) is 12.8. The third-order valence-corrected chi connectivity index (χ3v) is 4.71. The number of carboxylic acid groups (broad SMARTS) is 1. The molecule has 1 aromatic rings. The molecule has 2 rings (SSSR count). The maximum absolute atomic E-state index is 12.0. The standard InChI is InChI=1S/C16H21NO3S/c18-15(10-21-11-16(19)20)17-14(9-12-5-4-6-12)13-7-2-1-3-8-13/h1-3,7-8,12,14H,4-6,9-11H2,(H,17,18)(H,19,20). The van der Waals surface area contributed by atoms with E-state index in [0.29, 0.717) is 5.92 Å². The van der Waals surface area contributed by atoms with Gasteiger partial charge in [0.15, 0.2) is 0 Å². The monoisotopic (exact) mass is 307 g/mol. The van der Waals surface area contributed by atoms with Crippen LogP contribution < -0.4 is 5.32 Å². The van der Waals surface area contributed by atoms with E-state index in [-0.39, 0.29) is 23.5 Å². The third-order valence-electron chi connectivity index (χ3n) is 3.79. The second-order valence-electron chi connectivity index (χ2n) is 5.45. The minimum atomic E-state index is -0.887. The molecule has 1 fully saturated rings. The highest BCUT2D eigenvalue weighted by Crippen LogP contribution is 2.34. The van der Waals surface area contributed by atoms with Gasteiger partial charge in [-0.2, -0.15) is 0 Å². The number of thioether (sulfide) groups is 1. The minimum Gasteiger partial charge on any atom is -0.481 e. The number of carbonyl (C=O) groups is 2. The minimum absolute atomic E-state index is 0.0357. The van der Waals surface area contributed by atoms with E-state index >= 15 is 0 Å². The molecule has 1 amide bonds. The van der Waals surface area contributed by atoms with E-state index in [2.05, 4.69) is 5.32 Å². The summed E-state index contributed by atoms with van der Waals surface area (Å²) in [5.41, 5.74) is 1.13. The molecule has 1 aliphatic carbocycles. The number of amides is 1. The van der Waals surface area contributed by atoms with Crippen LogP contribution in [0.15, 0.2) is 30.3 Å². The zero-order valence-electron chi connectivity index (χ0n) is 12.0. The highest BCUT2D eigenvalue weighted by atomic mass is 32.2. The van der Waals surface area contributed by atoms with Gasteiger partial charge in [0.1, 0.15) is 0 Å². The average molecular weight is 307 g/mol. The van der Waals surface area contributed by atoms with E-state index in [9.17, 15) is 9.59 Å². The molecule has 0 heterocycles. The second-order valence-corrected chi connectivity index (χ2v) is 6.44. The molecule has 0 aromatic heterocycles. The van der Waals surface area contributed by atoms with Crippen LogP contribution in [0.5, 0.6) is 0 Å². The fourth-order valence-electron chi connectivity index (χ4n) is 2.49. The molecule has 0 aliphatic heterocycles. The molecule has 1 aromatic carbocycles. The summed E-state index contributed by atoms with van der Waals surface area (Å²) in [6.45, 7) is 0. The molecule has 21 heavy (non-hydrogen) atoms. The summed E-state index contributed by atoms with van der Waals surface area (Å²) < 4.78 is 0. The molecule has 1 unspecified atom stereocenters. The van der Waals surface area contributed by atoms with E-state index in [1.54, 1.807) is 0 Å². The fraction of sp³-hybridized carbons (Fsp3) is 0.500. The largest absolute Gasteiger partial charge is 0.481 e. The Bertz CT molecular complexity index is 474. The Morgan fingerprint density at radius 3 is 2.52 bits per heavy atom. The van der Waals surface area contributed by atoms with Crippen LogP contribution in [0, 0.1) is 5.92 Å². The van der Waals surface area contributed by atoms with Crippen molar-refractivity contribution < 1.29 is 14.7 Å². The van der Waals surface area contributed by atoms with Crippen molar-refractivity contribution in [3.05, 3.63) is 35.9 Å². The average Bonchev–Trinajstić information content (AvgIpc) is 2.42. The Morgan fingerprint density at radius 1 is 1.24 bits per heavy atom. The highest BCUT2D eigenvalue weighted by Gasteiger charge is 2.24. The van der Waals surface area contributed by atoms with Gasteiger partial charge in [-0.25, -0.2) is 0 Å². The lowest BCUT2D eigenvalue weighted by molar-refractivity contribution is -0.133. The summed E-state index contributed by atoms with van der Waals surface area (Å²) in [5.74, 6) is -0.120. The Hall–Kier alpha value is -1.49. The topological polar surface area (TPSA) is 66.4 Å². The Morgan fingerprint density at radius 2 is 1.95 bits per heavy atom. The van der Waals surface area contributed by atoms with E-state index in [1.165, 1.54) is 19.3 Å². The summed E-state index contributed by atoms with van der Waals surface area (Å²) in [6.07, 6.45) is 4.74. The van der Waals surface area contributed by atoms with Crippen LogP contribution in [0.1, 0.15) is 37.3 Å². The number of carbonyl (C=O) groups excluding carboxylic acids is 1. The highest BCUT2D eigenvalue weighted by molar-refractivity contribution is 8.00. The summed E-state index contributed by atoms with van der Waals surface area (Å²) >= 11 is 1.13. The van der Waals surface area contributed by atoms with Crippen LogP contribution in [-0.2, 0) is 9.59 Å². The van der Waals surface area contributed by atoms with Crippen LogP contribution in [0.2, 0.25) is 0 Å². The molecule has 4 nitrogen and oxygen atoms in total. The molecule has 2 N–H and O–H groups in total. The Balaban J connectivity index is 1.89. The van der Waals surface area contributed by atoms with Crippen molar-refractivity contribution in [2.45, 2.75) is 31.7 Å². The van der Waals surface area contributed by atoms with Crippen molar-refractivity contribution in [1.82, 2.24) is 5.32 Å². The summed E-state index contributed by atoms with van der Waals surface area (Å²) in [5, 5.41) is 11.6. The Labute approximate surface area is 129 Å². The maximum Gasteiger partial charge on any atom is 0.313 e. The van der Waals surface area contributed by atoms with E-state index in [0.717, 1.165) is 23.7 Å². The predicted molar refractivity (Wildman–Crippen MR) is 84.2 cm³/mol. The molecule has 0 spiro atoms. The van der Waals surface area contributed by atoms with Gasteiger partial charge >= 0.3 is 5.97 Å². The number of hydrogen-bond acceptors (Lipinski definition) is 3. The van der Waals surface area contributed by atoms with Crippen molar-refractivity contribution in [1.29, 1.82) is 0 Å². The van der Waals surface area contributed by atoms with Gasteiger partial charge in [0.25, 0.3) is 0 Å². The van der Waals surface area contributed by atoms with Gasteiger partial charge in [0, 0.05) is 0 Å². The second kappa shape index (κ2) is 8.08. The van der Waals surface area contributed by atoms with E-state index in [4.69, 9.17) is 5.11 Å². The van der Waals surface area contributed by atoms with Gasteiger partial charge in [-0.1, -0.05) is 49.6 Å². The Kier molecular flexibility index (Phi) is 6.11. The van der Waals surface area contributed by atoms with Crippen molar-refractivity contribution in [3.8, 4) is 0 Å². The van der Waals surface area contributed by atoms with Crippen molar-refractivity contribution in [3.63, 3.8) is 0 Å². The number of carboxylic acids is 1. The predicted octanol–water partition coefficient (Wildman–Crippen LogP) is 2.85. The molecule has 0 saturated heterocycles. The van der Waals surface area contributed by atoms with Crippen molar-refractivity contribution >= 4 is 23.6 Å². The van der Waals surface area contributed by atoms with Crippen LogP contribution >= 0.6 is 11.8 Å². The normalized spacial score (nSPS) is 16.0. The van der Waals surface area contributed by atoms with Crippen LogP contribution in [0.3, 0.4) is 0 Å². The SMILES string of the molecule is O=C(O)CSCC(=O)NC(CC1CCC1)c1ccccc1. The van der Waals surface area contributed by atoms with Gasteiger partial charge in [-0.05, 0) is 17.9 Å². The first-order valence-electron chi connectivity index (χ1n) is 7.29. The molecule has 0 radical (unpaired) electrons. The molecular weight excluding hydrogens is 286 g/mol. The smallest absolute Gasteiger partial charge is 0.313 e. The number of aliphatic carboxylic acids is 1. The summed E-state index contributed by atoms with van der Waals surface area (Å²) in [6, 6.07) is 10.0. The molecule has 5 heteroatoms. The quantitative estimate of drug-likeness (QED) is 0.775. The maximum atomic E-state index is 12.0. The van der Waals surface area contributed by atoms with Gasteiger partial charge in [-0.15, -0.1) is 11.8 Å². The fourth-order valence-corrected chi connectivity index (χ4v) is 3.04. The van der Waals surface area contributed by atoms with Gasteiger partial charge in [-0.3, -0.25) is 9.59 Å². The first-order chi connectivity index (χ1) is 10.1. The zero-order chi connectivity index (χ0) is 15.1. The van der Waals surface area contributed by atoms with Crippen molar-refractivity contribution in [2.24, 2.45) is 5.92 Å². The number of rotatable bonds is 8. The molecule has 1 atom stereocenters. The molecular formula is C16H21NO3S. The molecule has 1 aliphatic rings. The third kappa shape index (κ3) is 5.42. The first kappa shape index (κ1) is 15.9. The van der Waals surface area contributed by atoms with Crippen LogP contribution in [0.25, 0.3) is 0 Å². The van der Waals surface area contributed by atoms with Crippen molar-refractivity contribution in [2.75, 3.05) is 11.5 Å². The lowest BCUT2D eigenvalue weighted by Crippen LogP contribution is -2.32. The first-order valence-corrected chi connectivity index (χ1v) is 8.44. The van der Waals surface area contributed by atoms with Crippen LogP contribution in [-0.4, -0.2) is 28.5 Å². The number of nitrogens with one attached hydrogen (secondary N) is 1. The number of benzene rings is 1. The lowest BCUT2D eigenvalue weighted by Gasteiger charge is -2.30. The van der Waals surface area contributed by atoms with E-state index < -0.39 is 5.97 Å². The molecule has 1 saturated carbocycles. The van der Waals surface area contributed by atoms with Gasteiger partial charge in [0.2, 0.25) is 5.91 Å². The molecule has 0 bridgehead atoms. The summed E-state index contributed by atoms with van der Waals surface area (Å²) in [4.78, 5) is 22.4. The van der Waals surface area contributed by atoms with E-state index in [1.807, 2.05) is 30.3 Å². The van der Waals surface area contributed by atoms with Gasteiger partial charge in [0.05, 0.1) is 17.5 Å². The number of hydrogen-bond donors (Lipinski definition) is 2. The van der Waals surface area contributed by atoms with Crippen LogP contribution in [0.4, 0.5) is 0 Å². The summed E-state index contributed by atoms with van der Waals surface area (Å²) in [7, 11) is 0. The molecule has 114 valence electrons. The van der Waals surface area contributed by atoms with Gasteiger partial charge < -0.3 is 10.4 Å². The lowest BCUT2D eigenvalue weighted by atomic mass is 9.79.